The lowest BCUT2D eigenvalue weighted by Crippen LogP contribution is -2.54. The maximum absolute atomic E-state index is 13.0. The van der Waals surface area contributed by atoms with Crippen molar-refractivity contribution in [3.63, 3.8) is 0 Å². The summed E-state index contributed by atoms with van der Waals surface area (Å²) in [6.45, 7) is 0.238. The molecule has 106 valence electrons. The fourth-order valence-electron chi connectivity index (χ4n) is 1.95. The van der Waals surface area contributed by atoms with Gasteiger partial charge in [-0.15, -0.1) is 0 Å². The highest BCUT2D eigenvalue weighted by Crippen LogP contribution is 2.19. The highest BCUT2D eigenvalue weighted by Gasteiger charge is 2.43. The number of hydrogen-bond donors (Lipinski definition) is 2. The van der Waals surface area contributed by atoms with Crippen LogP contribution in [0.4, 0.5) is 4.39 Å². The third-order valence-electron chi connectivity index (χ3n) is 3.07. The summed E-state index contributed by atoms with van der Waals surface area (Å²) in [6.07, 6.45) is 2.82. The van der Waals surface area contributed by atoms with Crippen LogP contribution in [0.1, 0.15) is 12.0 Å². The summed E-state index contributed by atoms with van der Waals surface area (Å²) in [4.78, 5) is 23.0. The van der Waals surface area contributed by atoms with E-state index in [1.54, 1.807) is 6.07 Å². The smallest absolute Gasteiger partial charge is 0.331 e. The molecule has 1 saturated heterocycles. The second kappa shape index (κ2) is 5.83. The molecule has 1 unspecified atom stereocenters. The number of ether oxygens (including phenoxy) is 1. The first kappa shape index (κ1) is 14.2. The van der Waals surface area contributed by atoms with Crippen LogP contribution in [0, 0.1) is 5.82 Å². The molecule has 1 aliphatic heterocycles. The number of hydrogen-bond acceptors (Lipinski definition) is 3. The third kappa shape index (κ3) is 3.21. The van der Waals surface area contributed by atoms with Crippen molar-refractivity contribution in [2.45, 2.75) is 12.0 Å². The summed E-state index contributed by atoms with van der Waals surface area (Å²) in [5.41, 5.74) is -0.851. The van der Waals surface area contributed by atoms with Gasteiger partial charge in [0, 0.05) is 19.1 Å². The van der Waals surface area contributed by atoms with Crippen molar-refractivity contribution in [1.29, 1.82) is 0 Å². The van der Waals surface area contributed by atoms with E-state index in [-0.39, 0.29) is 13.0 Å². The molecule has 2 N–H and O–H groups in total. The Kier molecular flexibility index (Phi) is 4.14. The number of carboxylic acid groups (broad SMARTS) is 1. The zero-order valence-corrected chi connectivity index (χ0v) is 10.6. The lowest BCUT2D eigenvalue weighted by atomic mass is 9.99. The molecule has 1 fully saturated rings. The van der Waals surface area contributed by atoms with Crippen molar-refractivity contribution in [2.75, 3.05) is 13.2 Å². The van der Waals surface area contributed by atoms with E-state index in [1.165, 1.54) is 30.4 Å². The Morgan fingerprint density at radius 2 is 2.25 bits per heavy atom. The van der Waals surface area contributed by atoms with E-state index in [9.17, 15) is 14.0 Å². The molecule has 5 nitrogen and oxygen atoms in total. The standard InChI is InChI=1S/C14H14FNO4/c15-11-3-1-2-10(8-11)4-5-12(17)16-14(13(18)19)6-7-20-9-14/h1-5,8H,6-7,9H2,(H,16,17)(H,18,19). The second-order valence-electron chi connectivity index (χ2n) is 4.57. The molecule has 1 heterocycles. The summed E-state index contributed by atoms with van der Waals surface area (Å²) in [6, 6.07) is 5.73. The summed E-state index contributed by atoms with van der Waals surface area (Å²) in [7, 11) is 0. The van der Waals surface area contributed by atoms with Crippen molar-refractivity contribution in [3.05, 3.63) is 41.7 Å². The zero-order chi connectivity index (χ0) is 14.6. The Morgan fingerprint density at radius 1 is 1.45 bits per heavy atom. The van der Waals surface area contributed by atoms with E-state index in [2.05, 4.69) is 5.32 Å². The summed E-state index contributed by atoms with van der Waals surface area (Å²) in [5, 5.41) is 11.6. The number of halogens is 1. The Balaban J connectivity index is 2.03. The van der Waals surface area contributed by atoms with E-state index in [4.69, 9.17) is 9.84 Å². The number of rotatable bonds is 4. The topological polar surface area (TPSA) is 75.6 Å². The second-order valence-corrected chi connectivity index (χ2v) is 4.57. The number of benzene rings is 1. The molecule has 0 spiro atoms. The summed E-state index contributed by atoms with van der Waals surface area (Å²) in [5.74, 6) is -2.08. The van der Waals surface area contributed by atoms with Crippen LogP contribution in [0.25, 0.3) is 6.08 Å². The Morgan fingerprint density at radius 3 is 2.85 bits per heavy atom. The van der Waals surface area contributed by atoms with Gasteiger partial charge in [0.05, 0.1) is 6.61 Å². The molecule has 0 saturated carbocycles. The van der Waals surface area contributed by atoms with Gasteiger partial charge in [0.1, 0.15) is 5.82 Å². The predicted octanol–water partition coefficient (Wildman–Crippen LogP) is 1.20. The Bertz CT molecular complexity index is 550. The minimum Gasteiger partial charge on any atom is -0.479 e. The number of nitrogens with one attached hydrogen (secondary N) is 1. The van der Waals surface area contributed by atoms with Gasteiger partial charge >= 0.3 is 5.97 Å². The lowest BCUT2D eigenvalue weighted by Gasteiger charge is -2.22. The van der Waals surface area contributed by atoms with Crippen molar-refractivity contribution >= 4 is 18.0 Å². The fourth-order valence-corrected chi connectivity index (χ4v) is 1.95. The van der Waals surface area contributed by atoms with Gasteiger partial charge in [-0.05, 0) is 23.8 Å². The van der Waals surface area contributed by atoms with E-state index in [0.29, 0.717) is 12.2 Å². The largest absolute Gasteiger partial charge is 0.479 e. The molecule has 0 aromatic heterocycles. The van der Waals surface area contributed by atoms with Gasteiger partial charge in [0.25, 0.3) is 0 Å². The van der Waals surface area contributed by atoms with Crippen LogP contribution in [-0.2, 0) is 14.3 Å². The molecule has 0 bridgehead atoms. The molecule has 6 heteroatoms. The van der Waals surface area contributed by atoms with E-state index in [1.807, 2.05) is 0 Å². The minimum atomic E-state index is -1.37. The van der Waals surface area contributed by atoms with Crippen molar-refractivity contribution in [1.82, 2.24) is 5.32 Å². The lowest BCUT2D eigenvalue weighted by molar-refractivity contribution is -0.147. The van der Waals surface area contributed by atoms with Crippen LogP contribution in [0.2, 0.25) is 0 Å². The van der Waals surface area contributed by atoms with Gasteiger partial charge in [-0.2, -0.15) is 0 Å². The first-order chi connectivity index (χ1) is 9.52. The van der Waals surface area contributed by atoms with Crippen LogP contribution >= 0.6 is 0 Å². The highest BCUT2D eigenvalue weighted by molar-refractivity contribution is 5.96. The zero-order valence-electron chi connectivity index (χ0n) is 10.6. The Labute approximate surface area is 115 Å². The Hall–Kier alpha value is -2.21. The monoisotopic (exact) mass is 279 g/mol. The van der Waals surface area contributed by atoms with Gasteiger partial charge in [-0.3, -0.25) is 4.79 Å². The number of carbonyl (C=O) groups excluding carboxylic acids is 1. The average molecular weight is 279 g/mol. The molecular weight excluding hydrogens is 265 g/mol. The van der Waals surface area contributed by atoms with Gasteiger partial charge in [0.15, 0.2) is 5.54 Å². The van der Waals surface area contributed by atoms with E-state index >= 15 is 0 Å². The molecule has 1 aromatic rings. The number of aliphatic carboxylic acids is 1. The molecule has 0 aliphatic carbocycles. The van der Waals surface area contributed by atoms with Crippen LogP contribution < -0.4 is 5.32 Å². The molecule has 1 aliphatic rings. The molecule has 1 aromatic carbocycles. The third-order valence-corrected chi connectivity index (χ3v) is 3.07. The normalized spacial score (nSPS) is 22.1. The summed E-state index contributed by atoms with van der Waals surface area (Å²) >= 11 is 0. The molecular formula is C14H14FNO4. The highest BCUT2D eigenvalue weighted by atomic mass is 19.1. The predicted molar refractivity (Wildman–Crippen MR) is 69.4 cm³/mol. The molecule has 1 atom stereocenters. The van der Waals surface area contributed by atoms with Crippen LogP contribution in [-0.4, -0.2) is 35.7 Å². The number of amides is 1. The maximum Gasteiger partial charge on any atom is 0.331 e. The molecule has 1 amide bonds. The van der Waals surface area contributed by atoms with Crippen molar-refractivity contribution in [3.8, 4) is 0 Å². The van der Waals surface area contributed by atoms with E-state index in [0.717, 1.165) is 0 Å². The van der Waals surface area contributed by atoms with E-state index < -0.39 is 23.2 Å². The molecule has 20 heavy (non-hydrogen) atoms. The van der Waals surface area contributed by atoms with Crippen molar-refractivity contribution in [2.24, 2.45) is 0 Å². The van der Waals surface area contributed by atoms with Crippen molar-refractivity contribution < 1.29 is 23.8 Å². The van der Waals surface area contributed by atoms with Crippen LogP contribution in [0.15, 0.2) is 30.3 Å². The molecule has 2 rings (SSSR count). The van der Waals surface area contributed by atoms with Crippen LogP contribution in [0.5, 0.6) is 0 Å². The fraction of sp³-hybridized carbons (Fsp3) is 0.286. The maximum atomic E-state index is 13.0. The quantitative estimate of drug-likeness (QED) is 0.812. The first-order valence-electron chi connectivity index (χ1n) is 6.09. The minimum absolute atomic E-state index is 0.0537. The van der Waals surface area contributed by atoms with Gasteiger partial charge in [-0.1, -0.05) is 12.1 Å². The summed E-state index contributed by atoms with van der Waals surface area (Å²) < 4.78 is 18.0. The van der Waals surface area contributed by atoms with Gasteiger partial charge in [0.2, 0.25) is 5.91 Å². The van der Waals surface area contributed by atoms with Gasteiger partial charge < -0.3 is 15.2 Å². The number of carboxylic acids is 1. The first-order valence-corrected chi connectivity index (χ1v) is 6.09. The molecule has 0 radical (unpaired) electrons. The SMILES string of the molecule is O=C(C=Cc1cccc(F)c1)NC1(C(=O)O)CCOC1. The van der Waals surface area contributed by atoms with Gasteiger partial charge in [-0.25, -0.2) is 9.18 Å². The van der Waals surface area contributed by atoms with Crippen LogP contribution in [0.3, 0.4) is 0 Å². The average Bonchev–Trinajstić information content (AvgIpc) is 2.86. The number of carbonyl (C=O) groups is 2.